The van der Waals surface area contributed by atoms with Gasteiger partial charge in [-0.15, -0.1) is 0 Å². The minimum absolute atomic E-state index is 0.0629. The van der Waals surface area contributed by atoms with Crippen molar-refractivity contribution in [3.63, 3.8) is 0 Å². The van der Waals surface area contributed by atoms with E-state index >= 15 is 0 Å². The number of aliphatic hydroxyl groups is 1. The minimum Gasteiger partial charge on any atom is -0.388 e. The highest BCUT2D eigenvalue weighted by Gasteiger charge is 2.28. The molecule has 2 unspecified atom stereocenters. The number of benzene rings is 1. The van der Waals surface area contributed by atoms with Crippen LogP contribution in [0.3, 0.4) is 0 Å². The highest BCUT2D eigenvalue weighted by atomic mass is 16.3. The molecule has 0 radical (unpaired) electrons. The minimum atomic E-state index is -0.402. The topological polar surface area (TPSA) is 66.6 Å². The zero-order valence-electron chi connectivity index (χ0n) is 12.2. The highest BCUT2D eigenvalue weighted by molar-refractivity contribution is 5.77. The fourth-order valence-corrected chi connectivity index (χ4v) is 2.82. The Labute approximate surface area is 120 Å². The molecule has 1 amide bonds. The summed E-state index contributed by atoms with van der Waals surface area (Å²) in [6, 6.07) is 8.38. The van der Waals surface area contributed by atoms with E-state index in [1.165, 1.54) is 0 Å². The zero-order valence-corrected chi connectivity index (χ0v) is 12.2. The normalized spacial score (nSPS) is 24.4. The Morgan fingerprint density at radius 2 is 2.05 bits per heavy atom. The first-order valence-electron chi connectivity index (χ1n) is 7.37. The molecular weight excluding hydrogens is 252 g/mol. The van der Waals surface area contributed by atoms with E-state index in [1.807, 2.05) is 31.2 Å². The summed E-state index contributed by atoms with van der Waals surface area (Å²) in [5.41, 5.74) is 7.47. The summed E-state index contributed by atoms with van der Waals surface area (Å²) in [6.07, 6.45) is 2.16. The second-order valence-electron chi connectivity index (χ2n) is 5.69. The maximum atomic E-state index is 11.4. The molecule has 1 fully saturated rings. The SMILES string of the molecule is CC[C@H](O)c1ccc(N2CC(C(N)=O)CCC2C)cc1. The number of aliphatic hydroxyl groups excluding tert-OH is 1. The van der Waals surface area contributed by atoms with Gasteiger partial charge in [-0.3, -0.25) is 4.79 Å². The molecule has 1 aliphatic rings. The van der Waals surface area contributed by atoms with Crippen LogP contribution in [-0.2, 0) is 4.79 Å². The first-order chi connectivity index (χ1) is 9.52. The number of hydrogen-bond acceptors (Lipinski definition) is 3. The third kappa shape index (κ3) is 3.12. The molecule has 110 valence electrons. The van der Waals surface area contributed by atoms with Crippen LogP contribution < -0.4 is 10.6 Å². The number of hydrogen-bond donors (Lipinski definition) is 2. The first-order valence-corrected chi connectivity index (χ1v) is 7.37. The molecular formula is C16H24N2O2. The van der Waals surface area contributed by atoms with Crippen LogP contribution in [-0.4, -0.2) is 23.6 Å². The summed E-state index contributed by atoms with van der Waals surface area (Å²) in [5, 5.41) is 9.82. The molecule has 0 aliphatic carbocycles. The Hall–Kier alpha value is -1.55. The van der Waals surface area contributed by atoms with Crippen LogP contribution in [0.25, 0.3) is 0 Å². The average Bonchev–Trinajstić information content (AvgIpc) is 2.47. The van der Waals surface area contributed by atoms with Crippen molar-refractivity contribution in [2.45, 2.75) is 45.3 Å². The van der Waals surface area contributed by atoms with Gasteiger partial charge in [0.2, 0.25) is 5.91 Å². The zero-order chi connectivity index (χ0) is 14.7. The molecule has 1 heterocycles. The standard InChI is InChI=1S/C16H24N2O2/c1-3-15(19)12-6-8-14(9-7-12)18-10-13(16(17)20)5-4-11(18)2/h6-9,11,13,15,19H,3-5,10H2,1-2H3,(H2,17,20)/t11?,13?,15-/m0/s1. The van der Waals surface area contributed by atoms with Gasteiger partial charge in [-0.25, -0.2) is 0 Å². The van der Waals surface area contributed by atoms with E-state index in [0.29, 0.717) is 19.0 Å². The van der Waals surface area contributed by atoms with Gasteiger partial charge >= 0.3 is 0 Å². The van der Waals surface area contributed by atoms with Crippen molar-refractivity contribution in [2.24, 2.45) is 11.7 Å². The molecule has 3 N–H and O–H groups in total. The van der Waals surface area contributed by atoms with Crippen molar-refractivity contribution in [2.75, 3.05) is 11.4 Å². The second-order valence-corrected chi connectivity index (χ2v) is 5.69. The predicted octanol–water partition coefficient (Wildman–Crippen LogP) is 2.22. The van der Waals surface area contributed by atoms with Crippen molar-refractivity contribution < 1.29 is 9.90 Å². The van der Waals surface area contributed by atoms with Crippen molar-refractivity contribution >= 4 is 11.6 Å². The molecule has 3 atom stereocenters. The van der Waals surface area contributed by atoms with E-state index in [1.54, 1.807) is 0 Å². The fourth-order valence-electron chi connectivity index (χ4n) is 2.82. The van der Waals surface area contributed by atoms with Crippen molar-refractivity contribution in [1.82, 2.24) is 0 Å². The Kier molecular flexibility index (Phi) is 4.65. The molecule has 1 aromatic carbocycles. The monoisotopic (exact) mass is 276 g/mol. The molecule has 20 heavy (non-hydrogen) atoms. The molecule has 4 nitrogen and oxygen atoms in total. The lowest BCUT2D eigenvalue weighted by molar-refractivity contribution is -0.122. The van der Waals surface area contributed by atoms with Crippen molar-refractivity contribution in [1.29, 1.82) is 0 Å². The third-order valence-corrected chi connectivity index (χ3v) is 4.28. The first kappa shape index (κ1) is 14.9. The van der Waals surface area contributed by atoms with Gasteiger partial charge in [0.15, 0.2) is 0 Å². The van der Waals surface area contributed by atoms with Gasteiger partial charge in [0.25, 0.3) is 0 Å². The molecule has 1 aromatic rings. The lowest BCUT2D eigenvalue weighted by Crippen LogP contribution is -2.45. The lowest BCUT2D eigenvalue weighted by atomic mass is 9.92. The molecule has 0 saturated carbocycles. The van der Waals surface area contributed by atoms with Crippen LogP contribution in [0, 0.1) is 5.92 Å². The van der Waals surface area contributed by atoms with Gasteiger partial charge in [-0.1, -0.05) is 19.1 Å². The quantitative estimate of drug-likeness (QED) is 0.886. The van der Waals surface area contributed by atoms with Crippen LogP contribution >= 0.6 is 0 Å². The Bertz CT molecular complexity index is 458. The number of nitrogens with two attached hydrogens (primary N) is 1. The van der Waals surface area contributed by atoms with Gasteiger partial charge in [0.1, 0.15) is 0 Å². The Morgan fingerprint density at radius 3 is 2.60 bits per heavy atom. The van der Waals surface area contributed by atoms with E-state index in [-0.39, 0.29) is 11.8 Å². The molecule has 0 aromatic heterocycles. The molecule has 1 saturated heterocycles. The van der Waals surface area contributed by atoms with Gasteiger partial charge < -0.3 is 15.7 Å². The summed E-state index contributed by atoms with van der Waals surface area (Å²) in [4.78, 5) is 13.6. The summed E-state index contributed by atoms with van der Waals surface area (Å²) < 4.78 is 0. The number of anilines is 1. The summed E-state index contributed by atoms with van der Waals surface area (Å²) in [6.45, 7) is 4.82. The van der Waals surface area contributed by atoms with Crippen LogP contribution in [0.15, 0.2) is 24.3 Å². The predicted molar refractivity (Wildman–Crippen MR) is 80.4 cm³/mol. The molecule has 1 aliphatic heterocycles. The Morgan fingerprint density at radius 1 is 1.40 bits per heavy atom. The number of carbonyl (C=O) groups is 1. The van der Waals surface area contributed by atoms with E-state index < -0.39 is 6.10 Å². The van der Waals surface area contributed by atoms with E-state index in [0.717, 1.165) is 24.1 Å². The maximum Gasteiger partial charge on any atom is 0.222 e. The van der Waals surface area contributed by atoms with Gasteiger partial charge in [0, 0.05) is 18.3 Å². The summed E-state index contributed by atoms with van der Waals surface area (Å²) >= 11 is 0. The summed E-state index contributed by atoms with van der Waals surface area (Å²) in [5.74, 6) is -0.271. The Balaban J connectivity index is 2.14. The smallest absolute Gasteiger partial charge is 0.222 e. The van der Waals surface area contributed by atoms with Gasteiger partial charge in [-0.2, -0.15) is 0 Å². The number of rotatable bonds is 4. The average molecular weight is 276 g/mol. The lowest BCUT2D eigenvalue weighted by Gasteiger charge is -2.38. The van der Waals surface area contributed by atoms with E-state index in [2.05, 4.69) is 11.8 Å². The fraction of sp³-hybridized carbons (Fsp3) is 0.562. The largest absolute Gasteiger partial charge is 0.388 e. The van der Waals surface area contributed by atoms with Gasteiger partial charge in [0.05, 0.1) is 12.0 Å². The van der Waals surface area contributed by atoms with Crippen LogP contribution in [0.4, 0.5) is 5.69 Å². The van der Waals surface area contributed by atoms with Crippen LogP contribution in [0.1, 0.15) is 44.8 Å². The van der Waals surface area contributed by atoms with E-state index in [4.69, 9.17) is 5.73 Å². The van der Waals surface area contributed by atoms with Crippen molar-refractivity contribution in [3.05, 3.63) is 29.8 Å². The third-order valence-electron chi connectivity index (χ3n) is 4.28. The van der Waals surface area contributed by atoms with Gasteiger partial charge in [-0.05, 0) is 43.9 Å². The number of piperidine rings is 1. The molecule has 0 bridgehead atoms. The number of primary amides is 1. The van der Waals surface area contributed by atoms with E-state index in [9.17, 15) is 9.90 Å². The maximum absolute atomic E-state index is 11.4. The van der Waals surface area contributed by atoms with Crippen molar-refractivity contribution in [3.8, 4) is 0 Å². The second kappa shape index (κ2) is 6.27. The number of amides is 1. The van der Waals surface area contributed by atoms with Crippen LogP contribution in [0.2, 0.25) is 0 Å². The number of nitrogens with zero attached hydrogens (tertiary/aromatic N) is 1. The molecule has 0 spiro atoms. The summed E-state index contributed by atoms with van der Waals surface area (Å²) in [7, 11) is 0. The molecule has 2 rings (SSSR count). The number of carbonyl (C=O) groups excluding carboxylic acids is 1. The highest BCUT2D eigenvalue weighted by Crippen LogP contribution is 2.29. The van der Waals surface area contributed by atoms with Crippen LogP contribution in [0.5, 0.6) is 0 Å². The molecule has 4 heteroatoms.